The average Bonchev–Trinajstić information content (AvgIpc) is 2.47. The third kappa shape index (κ3) is 4.34. The van der Waals surface area contributed by atoms with Crippen LogP contribution in [0.15, 0.2) is 45.0 Å². The van der Waals surface area contributed by atoms with Crippen molar-refractivity contribution in [2.24, 2.45) is 10.7 Å². The summed E-state index contributed by atoms with van der Waals surface area (Å²) in [4.78, 5) is 23.3. The highest BCUT2D eigenvalue weighted by Gasteiger charge is 2.04. The number of hydrogen-bond acceptors (Lipinski definition) is 5. The first-order chi connectivity index (χ1) is 10.6. The van der Waals surface area contributed by atoms with Crippen LogP contribution in [-0.4, -0.2) is 29.3 Å². The van der Waals surface area contributed by atoms with E-state index in [0.717, 1.165) is 10.6 Å². The number of aromatic nitrogens is 2. The van der Waals surface area contributed by atoms with Gasteiger partial charge in [-0.1, -0.05) is 12.1 Å². The van der Waals surface area contributed by atoms with E-state index in [4.69, 9.17) is 10.5 Å². The number of benzene rings is 1. The number of nitrogens with one attached hydrogen (secondary N) is 2. The van der Waals surface area contributed by atoms with Crippen LogP contribution in [-0.2, 0) is 11.3 Å². The van der Waals surface area contributed by atoms with Crippen LogP contribution in [0.2, 0.25) is 0 Å². The Labute approximate surface area is 132 Å². The van der Waals surface area contributed by atoms with Crippen molar-refractivity contribution in [1.29, 1.82) is 0 Å². The molecule has 0 aliphatic carbocycles. The van der Waals surface area contributed by atoms with Gasteiger partial charge < -0.3 is 15.8 Å². The van der Waals surface area contributed by atoms with E-state index in [0.29, 0.717) is 5.69 Å². The third-order valence-corrected chi connectivity index (χ3v) is 3.47. The fraction of sp³-hybridized carbons (Fsp3) is 0.214. The van der Waals surface area contributed by atoms with Gasteiger partial charge in [-0.3, -0.25) is 9.78 Å². The lowest BCUT2D eigenvalue weighted by Gasteiger charge is -2.09. The number of aliphatic imine (C=N–C) groups is 1. The third-order valence-electron chi connectivity index (χ3n) is 2.67. The minimum absolute atomic E-state index is 0.131. The van der Waals surface area contributed by atoms with Crippen LogP contribution >= 0.6 is 11.8 Å². The Kier molecular flexibility index (Phi) is 5.56. The molecule has 116 valence electrons. The first-order valence-corrected chi connectivity index (χ1v) is 7.68. The molecule has 0 fully saturated rings. The fourth-order valence-electron chi connectivity index (χ4n) is 1.80. The van der Waals surface area contributed by atoms with Gasteiger partial charge in [0, 0.05) is 18.1 Å². The molecule has 2 aromatic rings. The van der Waals surface area contributed by atoms with Crippen molar-refractivity contribution in [2.75, 3.05) is 18.7 Å². The van der Waals surface area contributed by atoms with Gasteiger partial charge in [0.1, 0.15) is 0 Å². The van der Waals surface area contributed by atoms with E-state index in [-0.39, 0.29) is 24.1 Å². The molecular formula is C14H17N5O2S. The van der Waals surface area contributed by atoms with Crippen molar-refractivity contribution in [1.82, 2.24) is 9.97 Å². The molecule has 22 heavy (non-hydrogen) atoms. The van der Waals surface area contributed by atoms with Gasteiger partial charge >= 0.3 is 0 Å². The molecule has 0 bridgehead atoms. The van der Waals surface area contributed by atoms with Crippen molar-refractivity contribution >= 4 is 29.4 Å². The summed E-state index contributed by atoms with van der Waals surface area (Å²) in [5.74, 6) is 0.269. The number of nitrogens with two attached hydrogens (primary N) is 1. The second kappa shape index (κ2) is 7.62. The van der Waals surface area contributed by atoms with Crippen molar-refractivity contribution in [3.05, 3.63) is 46.4 Å². The second-order valence-corrected chi connectivity index (χ2v) is 5.16. The largest absolute Gasteiger partial charge is 0.378 e. The van der Waals surface area contributed by atoms with Gasteiger partial charge in [-0.15, -0.1) is 11.8 Å². The number of para-hydroxylation sites is 1. The van der Waals surface area contributed by atoms with Gasteiger partial charge in [-0.25, -0.2) is 4.98 Å². The normalized spacial score (nSPS) is 11.5. The maximum absolute atomic E-state index is 11.5. The van der Waals surface area contributed by atoms with Gasteiger partial charge in [-0.05, 0) is 18.4 Å². The second-order valence-electron chi connectivity index (χ2n) is 4.32. The lowest BCUT2D eigenvalue weighted by molar-refractivity contribution is 0.181. The molecule has 0 unspecified atom stereocenters. The van der Waals surface area contributed by atoms with E-state index in [9.17, 15) is 4.79 Å². The number of anilines is 1. The molecule has 1 aromatic heterocycles. The Hall–Kier alpha value is -2.32. The van der Waals surface area contributed by atoms with E-state index in [1.54, 1.807) is 11.8 Å². The molecule has 7 nitrogen and oxygen atoms in total. The topological polar surface area (TPSA) is 105 Å². The number of guanidine groups is 1. The van der Waals surface area contributed by atoms with Crippen LogP contribution in [0.25, 0.3) is 0 Å². The van der Waals surface area contributed by atoms with Crippen molar-refractivity contribution in [3.63, 3.8) is 0 Å². The molecule has 4 N–H and O–H groups in total. The fourth-order valence-corrected chi connectivity index (χ4v) is 2.35. The zero-order valence-electron chi connectivity index (χ0n) is 12.3. The highest BCUT2D eigenvalue weighted by molar-refractivity contribution is 7.98. The zero-order chi connectivity index (χ0) is 15.9. The molecular weight excluding hydrogens is 302 g/mol. The van der Waals surface area contributed by atoms with E-state index in [1.807, 2.05) is 30.5 Å². The number of rotatable bonds is 5. The molecule has 1 aromatic carbocycles. The molecule has 0 amide bonds. The molecule has 0 aliphatic heterocycles. The summed E-state index contributed by atoms with van der Waals surface area (Å²) in [6.07, 6.45) is 1.97. The van der Waals surface area contributed by atoms with E-state index in [1.165, 1.54) is 13.2 Å². The molecule has 0 aliphatic rings. The summed E-state index contributed by atoms with van der Waals surface area (Å²) in [5, 5.41) is 2.99. The van der Waals surface area contributed by atoms with Crippen molar-refractivity contribution in [3.8, 4) is 0 Å². The molecule has 0 radical (unpaired) electrons. The number of ether oxygens (including phenoxy) is 1. The van der Waals surface area contributed by atoms with Gasteiger partial charge in [0.05, 0.1) is 18.0 Å². The smallest absolute Gasteiger partial charge is 0.252 e. The number of nitrogens with zero attached hydrogens (tertiary/aromatic N) is 2. The first kappa shape index (κ1) is 16.1. The number of hydrogen-bond donors (Lipinski definition) is 3. The lowest BCUT2D eigenvalue weighted by Crippen LogP contribution is -2.23. The van der Waals surface area contributed by atoms with Gasteiger partial charge in [0.15, 0.2) is 0 Å². The van der Waals surface area contributed by atoms with Gasteiger partial charge in [0.25, 0.3) is 5.56 Å². The number of aromatic amines is 1. The summed E-state index contributed by atoms with van der Waals surface area (Å²) < 4.78 is 4.96. The average molecular weight is 319 g/mol. The summed E-state index contributed by atoms with van der Waals surface area (Å²) in [6, 6.07) is 9.06. The predicted molar refractivity (Wildman–Crippen MR) is 88.7 cm³/mol. The summed E-state index contributed by atoms with van der Waals surface area (Å²) >= 11 is 1.59. The van der Waals surface area contributed by atoms with Crippen molar-refractivity contribution in [2.45, 2.75) is 11.5 Å². The van der Waals surface area contributed by atoms with Gasteiger partial charge in [-0.2, -0.15) is 4.99 Å². The molecule has 0 saturated heterocycles. The maximum atomic E-state index is 11.5. The Morgan fingerprint density at radius 3 is 3.00 bits per heavy atom. The zero-order valence-corrected chi connectivity index (χ0v) is 13.1. The van der Waals surface area contributed by atoms with Crippen LogP contribution in [0.4, 0.5) is 11.6 Å². The highest BCUT2D eigenvalue weighted by Crippen LogP contribution is 2.24. The summed E-state index contributed by atoms with van der Waals surface area (Å²) in [7, 11) is 1.53. The number of H-pyrrole nitrogens is 1. The Bertz CT molecular complexity index is 729. The van der Waals surface area contributed by atoms with E-state index in [2.05, 4.69) is 20.3 Å². The number of thioether (sulfide) groups is 1. The first-order valence-electron chi connectivity index (χ1n) is 6.45. The predicted octanol–water partition coefficient (Wildman–Crippen LogP) is 1.70. The highest BCUT2D eigenvalue weighted by atomic mass is 32.2. The number of methoxy groups -OCH3 is 1. The van der Waals surface area contributed by atoms with Crippen LogP contribution in [0.3, 0.4) is 0 Å². The van der Waals surface area contributed by atoms with Crippen molar-refractivity contribution < 1.29 is 4.74 Å². The standard InChI is InChI=1S/C14H17N5O2S/c1-21-8-9-7-12(20)18-14(16-9)19-13(15)17-10-5-3-4-6-11(10)22-2/h3-7H,8H2,1-2H3,(H4,15,16,17,18,19,20). The molecule has 2 rings (SSSR count). The lowest BCUT2D eigenvalue weighted by atomic mass is 10.3. The van der Waals surface area contributed by atoms with E-state index < -0.39 is 0 Å². The Morgan fingerprint density at radius 1 is 1.50 bits per heavy atom. The molecule has 1 heterocycles. The van der Waals surface area contributed by atoms with Gasteiger partial charge in [0.2, 0.25) is 11.9 Å². The van der Waals surface area contributed by atoms with Crippen LogP contribution in [0.5, 0.6) is 0 Å². The molecule has 8 heteroatoms. The van der Waals surface area contributed by atoms with E-state index >= 15 is 0 Å². The minimum atomic E-state index is -0.307. The van der Waals surface area contributed by atoms with Crippen LogP contribution < -0.4 is 16.6 Å². The Balaban J connectivity index is 2.23. The molecule has 0 saturated carbocycles. The van der Waals surface area contributed by atoms with Crippen LogP contribution in [0, 0.1) is 0 Å². The SMILES string of the molecule is COCc1cc(=O)[nH]c(/N=C(\N)Nc2ccccc2SC)n1. The molecule has 0 atom stereocenters. The maximum Gasteiger partial charge on any atom is 0.252 e. The van der Waals surface area contributed by atoms with Crippen LogP contribution in [0.1, 0.15) is 5.69 Å². The summed E-state index contributed by atoms with van der Waals surface area (Å²) in [6.45, 7) is 0.231. The molecule has 0 spiro atoms. The quantitative estimate of drug-likeness (QED) is 0.440. The minimum Gasteiger partial charge on any atom is -0.378 e. The monoisotopic (exact) mass is 319 g/mol. The summed E-state index contributed by atoms with van der Waals surface area (Å²) in [5.41, 5.74) is 6.89. The Morgan fingerprint density at radius 2 is 2.27 bits per heavy atom.